The molecule has 0 aromatic heterocycles. The number of carbonyl (C=O) groups is 1. The van der Waals surface area contributed by atoms with Crippen LogP contribution in [0.2, 0.25) is 0 Å². The number of carbonyl (C=O) groups excluding carboxylic acids is 1. The first-order valence-corrected chi connectivity index (χ1v) is 5.42. The maximum Gasteiger partial charge on any atom is 0.410 e. The van der Waals surface area contributed by atoms with Crippen LogP contribution in [0, 0.1) is 11.8 Å². The van der Waals surface area contributed by atoms with Crippen molar-refractivity contribution in [1.29, 1.82) is 0 Å². The second-order valence-electron chi connectivity index (χ2n) is 5.31. The van der Waals surface area contributed by atoms with Gasteiger partial charge in [0, 0.05) is 25.6 Å². The number of aliphatic hydroxyl groups excluding tert-OH is 1. The maximum absolute atomic E-state index is 11.7. The van der Waals surface area contributed by atoms with Gasteiger partial charge in [-0.15, -0.1) is 0 Å². The average molecular weight is 215 g/mol. The molecule has 0 aromatic carbocycles. The lowest BCUT2D eigenvalue weighted by atomic mass is 10.00. The Balaban J connectivity index is 2.50. The minimum atomic E-state index is -0.447. The highest BCUT2D eigenvalue weighted by Crippen LogP contribution is 2.24. The van der Waals surface area contributed by atoms with Crippen LogP contribution in [0.5, 0.6) is 0 Å². The second kappa shape index (κ2) is 4.39. The molecule has 0 aromatic rings. The molecule has 1 fully saturated rings. The van der Waals surface area contributed by atoms with Crippen molar-refractivity contribution >= 4 is 6.09 Å². The Hall–Kier alpha value is -0.770. The van der Waals surface area contributed by atoms with Gasteiger partial charge in [0.1, 0.15) is 5.60 Å². The quantitative estimate of drug-likeness (QED) is 0.720. The third-order valence-corrected chi connectivity index (χ3v) is 2.65. The zero-order valence-corrected chi connectivity index (χ0v) is 9.99. The maximum atomic E-state index is 11.7. The molecule has 88 valence electrons. The fourth-order valence-electron chi connectivity index (χ4n) is 1.75. The normalized spacial score (nSPS) is 26.9. The van der Waals surface area contributed by atoms with Gasteiger partial charge in [-0.1, -0.05) is 6.92 Å². The van der Waals surface area contributed by atoms with E-state index in [9.17, 15) is 4.79 Å². The van der Waals surface area contributed by atoms with E-state index < -0.39 is 5.60 Å². The van der Waals surface area contributed by atoms with Crippen molar-refractivity contribution in [2.24, 2.45) is 11.8 Å². The Morgan fingerprint density at radius 2 is 2.07 bits per heavy atom. The van der Waals surface area contributed by atoms with E-state index >= 15 is 0 Å². The SMILES string of the molecule is C[C@@H]1CN(C(=O)OC(C)(C)C)C[C@H]1CO. The molecule has 1 aliphatic rings. The number of ether oxygens (including phenoxy) is 1. The molecule has 15 heavy (non-hydrogen) atoms. The monoisotopic (exact) mass is 215 g/mol. The summed E-state index contributed by atoms with van der Waals surface area (Å²) in [6.07, 6.45) is -0.273. The highest BCUT2D eigenvalue weighted by atomic mass is 16.6. The summed E-state index contributed by atoms with van der Waals surface area (Å²) >= 11 is 0. The minimum Gasteiger partial charge on any atom is -0.444 e. The molecule has 0 unspecified atom stereocenters. The van der Waals surface area contributed by atoms with Crippen LogP contribution in [0.3, 0.4) is 0 Å². The third-order valence-electron chi connectivity index (χ3n) is 2.65. The molecular weight excluding hydrogens is 194 g/mol. The molecule has 2 atom stereocenters. The fourth-order valence-corrected chi connectivity index (χ4v) is 1.75. The molecule has 4 nitrogen and oxygen atoms in total. The Bertz CT molecular complexity index is 234. The van der Waals surface area contributed by atoms with Gasteiger partial charge in [0.25, 0.3) is 0 Å². The predicted molar refractivity (Wildman–Crippen MR) is 57.5 cm³/mol. The minimum absolute atomic E-state index is 0.139. The summed E-state index contributed by atoms with van der Waals surface area (Å²) < 4.78 is 5.27. The first kappa shape index (κ1) is 12.3. The van der Waals surface area contributed by atoms with Crippen molar-refractivity contribution in [1.82, 2.24) is 4.90 Å². The van der Waals surface area contributed by atoms with Crippen molar-refractivity contribution in [3.63, 3.8) is 0 Å². The van der Waals surface area contributed by atoms with Gasteiger partial charge in [-0.3, -0.25) is 0 Å². The molecule has 1 aliphatic heterocycles. The van der Waals surface area contributed by atoms with E-state index in [4.69, 9.17) is 9.84 Å². The van der Waals surface area contributed by atoms with E-state index in [1.165, 1.54) is 0 Å². The van der Waals surface area contributed by atoms with Gasteiger partial charge in [-0.2, -0.15) is 0 Å². The van der Waals surface area contributed by atoms with E-state index in [0.717, 1.165) is 0 Å². The highest BCUT2D eigenvalue weighted by molar-refractivity contribution is 5.68. The van der Waals surface area contributed by atoms with Crippen LogP contribution in [0.15, 0.2) is 0 Å². The average Bonchev–Trinajstić information content (AvgIpc) is 2.43. The van der Waals surface area contributed by atoms with Gasteiger partial charge in [0.15, 0.2) is 0 Å². The Labute approximate surface area is 91.2 Å². The van der Waals surface area contributed by atoms with Crippen molar-refractivity contribution in [3.05, 3.63) is 0 Å². The van der Waals surface area contributed by atoms with Crippen LogP contribution >= 0.6 is 0 Å². The van der Waals surface area contributed by atoms with Crippen LogP contribution in [-0.2, 0) is 4.74 Å². The van der Waals surface area contributed by atoms with Crippen LogP contribution in [-0.4, -0.2) is 41.4 Å². The van der Waals surface area contributed by atoms with Crippen molar-refractivity contribution in [2.75, 3.05) is 19.7 Å². The molecular formula is C11H21NO3. The van der Waals surface area contributed by atoms with Gasteiger partial charge < -0.3 is 14.7 Å². The largest absolute Gasteiger partial charge is 0.444 e. The summed E-state index contributed by atoms with van der Waals surface area (Å²) in [5.41, 5.74) is -0.447. The fraction of sp³-hybridized carbons (Fsp3) is 0.909. The van der Waals surface area contributed by atoms with Gasteiger partial charge in [-0.25, -0.2) is 4.79 Å². The summed E-state index contributed by atoms with van der Waals surface area (Å²) in [7, 11) is 0. The van der Waals surface area contributed by atoms with Crippen LogP contribution in [0.1, 0.15) is 27.7 Å². The first-order chi connectivity index (χ1) is 6.83. The zero-order valence-electron chi connectivity index (χ0n) is 9.99. The van der Waals surface area contributed by atoms with Crippen LogP contribution in [0.4, 0.5) is 4.79 Å². The lowest BCUT2D eigenvalue weighted by molar-refractivity contribution is 0.0281. The summed E-state index contributed by atoms with van der Waals surface area (Å²) in [6, 6.07) is 0. The number of hydrogen-bond donors (Lipinski definition) is 1. The summed E-state index contributed by atoms with van der Waals surface area (Å²) in [5.74, 6) is 0.542. The number of rotatable bonds is 1. The lowest BCUT2D eigenvalue weighted by Gasteiger charge is -2.24. The van der Waals surface area contributed by atoms with Crippen molar-refractivity contribution < 1.29 is 14.6 Å². The number of likely N-dealkylation sites (tertiary alicyclic amines) is 1. The van der Waals surface area contributed by atoms with E-state index in [-0.39, 0.29) is 18.6 Å². The van der Waals surface area contributed by atoms with Gasteiger partial charge in [0.2, 0.25) is 0 Å². The summed E-state index contributed by atoms with van der Waals surface area (Å²) in [5, 5.41) is 9.09. The van der Waals surface area contributed by atoms with E-state index in [1.807, 2.05) is 27.7 Å². The van der Waals surface area contributed by atoms with Gasteiger partial charge in [-0.05, 0) is 26.7 Å². The number of aliphatic hydroxyl groups is 1. The number of hydrogen-bond acceptors (Lipinski definition) is 3. The number of nitrogens with zero attached hydrogens (tertiary/aromatic N) is 1. The molecule has 0 saturated carbocycles. The third kappa shape index (κ3) is 3.38. The smallest absolute Gasteiger partial charge is 0.410 e. The first-order valence-electron chi connectivity index (χ1n) is 5.42. The van der Waals surface area contributed by atoms with Crippen molar-refractivity contribution in [2.45, 2.75) is 33.3 Å². The van der Waals surface area contributed by atoms with Gasteiger partial charge >= 0.3 is 6.09 Å². The van der Waals surface area contributed by atoms with E-state index in [2.05, 4.69) is 0 Å². The Morgan fingerprint density at radius 1 is 1.47 bits per heavy atom. The topological polar surface area (TPSA) is 49.8 Å². The molecule has 0 radical (unpaired) electrons. The Kier molecular flexibility index (Phi) is 3.60. The second-order valence-corrected chi connectivity index (χ2v) is 5.31. The van der Waals surface area contributed by atoms with Gasteiger partial charge in [0.05, 0.1) is 0 Å². The Morgan fingerprint density at radius 3 is 2.47 bits per heavy atom. The molecule has 0 bridgehead atoms. The number of amides is 1. The summed E-state index contributed by atoms with van der Waals surface area (Å²) in [6.45, 7) is 9.04. The van der Waals surface area contributed by atoms with Crippen molar-refractivity contribution in [3.8, 4) is 0 Å². The molecule has 0 aliphatic carbocycles. The summed E-state index contributed by atoms with van der Waals surface area (Å²) in [4.78, 5) is 13.4. The predicted octanol–water partition coefficient (Wildman–Crippen LogP) is 1.48. The van der Waals surface area contributed by atoms with E-state index in [0.29, 0.717) is 19.0 Å². The van der Waals surface area contributed by atoms with Crippen LogP contribution in [0.25, 0.3) is 0 Å². The van der Waals surface area contributed by atoms with Crippen LogP contribution < -0.4 is 0 Å². The standard InChI is InChI=1S/C11H21NO3/c1-8-5-12(6-9(8)7-13)10(14)15-11(2,3)4/h8-9,13H,5-7H2,1-4H3/t8-,9+/m1/s1. The van der Waals surface area contributed by atoms with E-state index in [1.54, 1.807) is 4.90 Å². The highest BCUT2D eigenvalue weighted by Gasteiger charge is 2.34. The molecule has 4 heteroatoms. The molecule has 1 heterocycles. The molecule has 1 rings (SSSR count). The zero-order chi connectivity index (χ0) is 11.6. The molecule has 1 saturated heterocycles. The lowest BCUT2D eigenvalue weighted by Crippen LogP contribution is -2.35. The molecule has 1 N–H and O–H groups in total. The molecule has 1 amide bonds. The molecule has 0 spiro atoms.